The van der Waals surface area contributed by atoms with Crippen molar-refractivity contribution in [3.8, 4) is 0 Å². The van der Waals surface area contributed by atoms with Crippen LogP contribution >= 0.6 is 0 Å². The van der Waals surface area contributed by atoms with Crippen molar-refractivity contribution >= 4 is 11.9 Å². The van der Waals surface area contributed by atoms with Gasteiger partial charge in [0.05, 0.1) is 33.5 Å². The molecule has 13 heteroatoms. The Morgan fingerprint density at radius 1 is 0.517 bits per heavy atom. The molecule has 2 aromatic carbocycles. The van der Waals surface area contributed by atoms with Crippen LogP contribution in [0.1, 0.15) is 124 Å². The van der Waals surface area contributed by atoms with Crippen molar-refractivity contribution in [2.75, 3.05) is 67.1 Å². The fraction of sp³-hybridized carbons (Fsp3) is 0.617. The Bertz CT molecular complexity index is 1040. The number of aliphatic hydroxyl groups is 6. The van der Waals surface area contributed by atoms with Crippen molar-refractivity contribution in [3.63, 3.8) is 0 Å². The first-order chi connectivity index (χ1) is 28.0. The van der Waals surface area contributed by atoms with Crippen molar-refractivity contribution in [2.24, 2.45) is 0 Å². The minimum absolute atomic E-state index is 0. The average molecular weight is 893 g/mol. The first-order valence-electron chi connectivity index (χ1n) is 20.3. The Kier molecular flexibility index (Phi) is 88.1. The molecule has 0 fully saturated rings. The third-order valence-corrected chi connectivity index (χ3v) is 6.27. The molecule has 0 radical (unpaired) electrons. The van der Waals surface area contributed by atoms with Crippen LogP contribution in [-0.2, 0) is 63.5 Å². The van der Waals surface area contributed by atoms with Gasteiger partial charge in [-0.1, -0.05) is 135 Å². The van der Waals surface area contributed by atoms with E-state index in [9.17, 15) is 9.59 Å². The molecule has 0 aliphatic heterocycles. The Hall–Kier alpha value is -2.75. The molecule has 0 saturated carbocycles. The Balaban J connectivity index is -0.0000000924. The van der Waals surface area contributed by atoms with Gasteiger partial charge in [0.25, 0.3) is 0 Å². The smallest absolute Gasteiger partial charge is 0.333 e. The number of carbonyl (C=O) groups is 2. The summed E-state index contributed by atoms with van der Waals surface area (Å²) in [6.07, 6.45) is 9.57. The first kappa shape index (κ1) is 74.7. The maximum Gasteiger partial charge on any atom is 0.333 e. The third kappa shape index (κ3) is 76.0. The molecular weight excluding hydrogens is 804 g/mol. The van der Waals surface area contributed by atoms with Gasteiger partial charge in [-0.3, -0.25) is 0 Å². The summed E-state index contributed by atoms with van der Waals surface area (Å²) in [7, 11) is 2.33. The van der Waals surface area contributed by atoms with E-state index in [1.807, 2.05) is 60.7 Å². The van der Waals surface area contributed by atoms with Gasteiger partial charge in [0, 0.05) is 86.0 Å². The van der Waals surface area contributed by atoms with Crippen LogP contribution in [0.25, 0.3) is 0 Å². The fourth-order valence-electron chi connectivity index (χ4n) is 2.95. The molecule has 12 nitrogen and oxygen atoms in total. The predicted molar refractivity (Wildman–Crippen MR) is 244 cm³/mol. The number of aliphatic hydroxyl groups excluding tert-OH is 6. The molecule has 0 heterocycles. The second-order valence-corrected chi connectivity index (χ2v) is 12.0. The average Bonchev–Trinajstić information content (AvgIpc) is 3.24. The number of hydrogen-bond donors (Lipinski definition) is 6. The zero-order valence-corrected chi connectivity index (χ0v) is 39.5. The molecule has 352 valence electrons. The number of carbonyl (C=O) groups excluding carboxylic acids is 2. The van der Waals surface area contributed by atoms with Gasteiger partial charge < -0.3 is 49.6 Å². The summed E-state index contributed by atoms with van der Waals surface area (Å²) < 4.78 is 20.0. The number of methoxy groups -OCH3 is 1. The quantitative estimate of drug-likeness (QED) is 0.0304. The maximum absolute atomic E-state index is 11.0. The maximum atomic E-state index is 11.0. The Labute approximate surface area is 380 Å². The minimum Gasteiger partial charge on any atom is -0.466 e. The molecule has 0 aliphatic rings. The predicted octanol–water partition coefficient (Wildman–Crippen LogP) is 8.39. The van der Waals surface area contributed by atoms with E-state index in [0.717, 1.165) is 64.0 Å². The summed E-state index contributed by atoms with van der Waals surface area (Å²) >= 11 is 0. The van der Waals surface area contributed by atoms with Crippen LogP contribution in [0, 0.1) is 0 Å². The van der Waals surface area contributed by atoms with Gasteiger partial charge >= 0.3 is 11.9 Å². The van der Waals surface area contributed by atoms with E-state index in [2.05, 4.69) is 45.6 Å². The number of esters is 2. The standard InChI is InChI=1S/C14H18O3.C10H14O2.C5H8O2.4C4H10O.CH4O.CH4.Ti/c1-12(2)14(15)17-10-6-9-16-11-13-7-4-3-5-8-13;11-7-4-8-12-9-10-5-2-1-3-6-10;1-4(2)5(6)7-3;4*1-2-3-4-5;1-2;;/h3-5,7-8H,1,6,9-11H2,2H3;1-3,5-6,11H,4,7-9H2;1H2,2-3H3;4*5H,2-4H2,1H3;2H,1H3;1H4;. The summed E-state index contributed by atoms with van der Waals surface area (Å²) in [6.45, 7) is 22.7. The Morgan fingerprint density at radius 3 is 1.03 bits per heavy atom. The Morgan fingerprint density at radius 2 is 0.817 bits per heavy atom. The van der Waals surface area contributed by atoms with Crippen molar-refractivity contribution in [3.05, 3.63) is 96.1 Å². The summed E-state index contributed by atoms with van der Waals surface area (Å²) in [5.41, 5.74) is 3.18. The topological polar surface area (TPSA) is 192 Å². The molecule has 6 N–H and O–H groups in total. The van der Waals surface area contributed by atoms with E-state index < -0.39 is 0 Å². The first-order valence-corrected chi connectivity index (χ1v) is 20.3. The second-order valence-electron chi connectivity index (χ2n) is 12.0. The SMILES string of the molecule is C.C=C(C)C(=O)OC.C=C(C)C(=O)OCCCOCc1ccccc1.CCCCO.CCCCO.CCCCO.CCCCO.CO.OCCCOCc1ccccc1.[Ti]. The van der Waals surface area contributed by atoms with Crippen LogP contribution in [0.2, 0.25) is 0 Å². The summed E-state index contributed by atoms with van der Waals surface area (Å²) in [4.78, 5) is 21.2. The third-order valence-electron chi connectivity index (χ3n) is 6.27. The molecule has 0 spiro atoms. The second kappa shape index (κ2) is 70.8. The van der Waals surface area contributed by atoms with Crippen molar-refractivity contribution in [2.45, 2.75) is 126 Å². The summed E-state index contributed by atoms with van der Waals surface area (Å²) in [5.74, 6) is -0.687. The van der Waals surface area contributed by atoms with Crippen molar-refractivity contribution in [1.82, 2.24) is 0 Å². The van der Waals surface area contributed by atoms with Crippen molar-refractivity contribution < 1.29 is 80.9 Å². The normalized spacial score (nSPS) is 8.63. The summed E-state index contributed by atoms with van der Waals surface area (Å²) in [6, 6.07) is 20.0. The van der Waals surface area contributed by atoms with E-state index >= 15 is 0 Å². The zero-order chi connectivity index (χ0) is 45.5. The van der Waals surface area contributed by atoms with E-state index in [4.69, 9.17) is 44.8 Å². The van der Waals surface area contributed by atoms with E-state index in [1.54, 1.807) is 13.8 Å². The molecule has 0 bridgehead atoms. The van der Waals surface area contributed by atoms with Gasteiger partial charge in [0.2, 0.25) is 0 Å². The number of benzene rings is 2. The van der Waals surface area contributed by atoms with Crippen LogP contribution in [-0.4, -0.2) is 110 Å². The molecule has 2 aromatic rings. The number of unbranched alkanes of at least 4 members (excludes halogenated alkanes) is 4. The van der Waals surface area contributed by atoms with Crippen LogP contribution < -0.4 is 0 Å². The van der Waals surface area contributed by atoms with Crippen LogP contribution in [0.5, 0.6) is 0 Å². The molecule has 0 saturated heterocycles. The number of ether oxygens (including phenoxy) is 4. The van der Waals surface area contributed by atoms with Crippen LogP contribution in [0.3, 0.4) is 0 Å². The number of rotatable bonds is 21. The molecule has 2 rings (SSSR count). The van der Waals surface area contributed by atoms with Crippen LogP contribution in [0.15, 0.2) is 85.0 Å². The van der Waals surface area contributed by atoms with E-state index in [1.165, 1.54) is 12.7 Å². The number of hydrogen-bond acceptors (Lipinski definition) is 12. The van der Waals surface area contributed by atoms with E-state index in [-0.39, 0.29) is 47.7 Å². The molecule has 0 atom stereocenters. The molecule has 0 aliphatic carbocycles. The van der Waals surface area contributed by atoms with Crippen LogP contribution in [0.4, 0.5) is 0 Å². The van der Waals surface area contributed by atoms with Gasteiger partial charge in [-0.15, -0.1) is 0 Å². The van der Waals surface area contributed by atoms with E-state index in [0.29, 0.717) is 83.4 Å². The molecule has 0 unspecified atom stereocenters. The molecule has 0 amide bonds. The zero-order valence-electron chi connectivity index (χ0n) is 38.0. The monoisotopic (exact) mass is 893 g/mol. The van der Waals surface area contributed by atoms with Gasteiger partial charge in [0.1, 0.15) is 0 Å². The molecular formula is C47H88O12Ti. The molecule has 0 aromatic heterocycles. The van der Waals surface area contributed by atoms with Gasteiger partial charge in [0.15, 0.2) is 0 Å². The minimum atomic E-state index is -0.347. The summed E-state index contributed by atoms with van der Waals surface area (Å²) in [5, 5.41) is 47.7. The largest absolute Gasteiger partial charge is 0.466 e. The fourth-order valence-corrected chi connectivity index (χ4v) is 2.95. The van der Waals surface area contributed by atoms with Gasteiger partial charge in [-0.2, -0.15) is 0 Å². The molecule has 60 heavy (non-hydrogen) atoms. The van der Waals surface area contributed by atoms with Crippen molar-refractivity contribution in [1.29, 1.82) is 0 Å². The van der Waals surface area contributed by atoms with Gasteiger partial charge in [-0.25, -0.2) is 9.59 Å². The van der Waals surface area contributed by atoms with Gasteiger partial charge in [-0.05, 0) is 57.1 Å².